The van der Waals surface area contributed by atoms with Crippen LogP contribution in [0, 0.1) is 0 Å². The van der Waals surface area contributed by atoms with Gasteiger partial charge in [0.2, 0.25) is 0 Å². The summed E-state index contributed by atoms with van der Waals surface area (Å²) in [5, 5.41) is 0. The van der Waals surface area contributed by atoms with Gasteiger partial charge in [-0.1, -0.05) is 118 Å². The molecule has 7 heterocycles. The molecule has 5 aliphatic heterocycles. The van der Waals surface area contributed by atoms with Crippen molar-refractivity contribution in [2.45, 2.75) is 69.2 Å². The Morgan fingerprint density at radius 3 is 0.920 bits per heavy atom. The van der Waals surface area contributed by atoms with E-state index in [-0.39, 0.29) is 0 Å². The van der Waals surface area contributed by atoms with E-state index in [0.717, 1.165) is 0 Å². The van der Waals surface area contributed by atoms with Crippen LogP contribution in [0.1, 0.15) is 88.7 Å². The van der Waals surface area contributed by atoms with Crippen LogP contribution in [0.4, 0.5) is 0 Å². The van der Waals surface area contributed by atoms with Crippen LogP contribution in [-0.4, -0.2) is 0 Å². The van der Waals surface area contributed by atoms with Crippen LogP contribution >= 0.6 is 140 Å². The van der Waals surface area contributed by atoms with E-state index in [1.165, 1.54) is 106 Å². The van der Waals surface area contributed by atoms with Gasteiger partial charge in [-0.15, -0.1) is 22.7 Å². The Hall–Kier alpha value is 0.300. The van der Waals surface area contributed by atoms with Crippen LogP contribution in [-0.2, 0) is 0 Å². The van der Waals surface area contributed by atoms with Crippen LogP contribution in [0.15, 0.2) is 107 Å². The molecule has 0 bridgehead atoms. The van der Waals surface area contributed by atoms with Gasteiger partial charge >= 0.3 is 0 Å². The molecule has 0 amide bonds. The molecule has 2 aromatic heterocycles. The van der Waals surface area contributed by atoms with E-state index in [2.05, 4.69) is 106 Å². The summed E-state index contributed by atoms with van der Waals surface area (Å²) in [6.45, 7) is 22.5. The van der Waals surface area contributed by atoms with Crippen molar-refractivity contribution in [3.8, 4) is 0 Å². The van der Waals surface area contributed by atoms with Gasteiger partial charge in [0.05, 0.1) is 12.7 Å². The highest BCUT2D eigenvalue weighted by molar-refractivity contribution is 8.30. The summed E-state index contributed by atoms with van der Waals surface area (Å²) < 4.78 is 6.93. The lowest BCUT2D eigenvalue weighted by Gasteiger charge is -2.09. The molecule has 0 unspecified atom stereocenters. The first-order valence-corrected chi connectivity index (χ1v) is 25.7. The predicted octanol–water partition coefficient (Wildman–Crippen LogP) is 18.2. The fourth-order valence-corrected chi connectivity index (χ4v) is 20.3. The van der Waals surface area contributed by atoms with Gasteiger partial charge in [0.25, 0.3) is 0 Å². The Labute approximate surface area is 348 Å². The van der Waals surface area contributed by atoms with Crippen molar-refractivity contribution in [1.82, 2.24) is 0 Å². The van der Waals surface area contributed by atoms with Gasteiger partial charge in [-0.05, 0) is 155 Å². The molecular formula is C38H36S12. The zero-order valence-electron chi connectivity index (χ0n) is 29.4. The molecule has 0 aliphatic carbocycles. The Morgan fingerprint density at radius 1 is 0.340 bits per heavy atom. The first-order chi connectivity index (χ1) is 23.8. The maximum atomic E-state index is 2.45. The van der Waals surface area contributed by atoms with Gasteiger partial charge in [-0.3, -0.25) is 0 Å². The normalized spacial score (nSPS) is 20.0. The molecule has 0 nitrogen and oxygen atoms in total. The number of hydrogen-bond acceptors (Lipinski definition) is 12. The van der Waals surface area contributed by atoms with Crippen LogP contribution in [0.3, 0.4) is 0 Å². The Bertz CT molecular complexity index is 1930. The lowest BCUT2D eigenvalue weighted by Crippen LogP contribution is -1.83. The molecule has 0 fully saturated rings. The van der Waals surface area contributed by atoms with Crippen molar-refractivity contribution >= 4 is 157 Å². The monoisotopic (exact) mass is 876 g/mol. The van der Waals surface area contributed by atoms with Crippen LogP contribution < -0.4 is 0 Å². The molecule has 0 saturated carbocycles. The average Bonchev–Trinajstić information content (AvgIpc) is 3.93. The van der Waals surface area contributed by atoms with Gasteiger partial charge in [0.15, 0.2) is 0 Å². The first kappa shape index (κ1) is 38.6. The maximum absolute atomic E-state index is 2.45. The quantitative estimate of drug-likeness (QED) is 0.274. The predicted molar refractivity (Wildman–Crippen MR) is 252 cm³/mol. The summed E-state index contributed by atoms with van der Waals surface area (Å²) in [6, 6.07) is 9.52. The SMILES string of the molecule is CC1=C(C)SC(=CC(=C2SC(C)=C(C)S2)c2ccc(C(=C3SC(C)=C(C)S3)c3ccc(C(C=C4SC(C)=C(C)S4)=C4SC(C)=C(C)S4)s3)s2)S1. The molecular weight excluding hydrogens is 841 g/mol. The second-order valence-electron chi connectivity index (χ2n) is 11.9. The molecule has 0 aromatic carbocycles. The number of hydrogen-bond donors (Lipinski definition) is 0. The minimum Gasteiger partial charge on any atom is -0.135 e. The third kappa shape index (κ3) is 8.27. The molecule has 260 valence electrons. The van der Waals surface area contributed by atoms with E-state index >= 15 is 0 Å². The minimum atomic E-state index is 1.34. The summed E-state index contributed by atoms with van der Waals surface area (Å²) in [5.41, 5.74) is 4.09. The Morgan fingerprint density at radius 2 is 0.600 bits per heavy atom. The number of thioether (sulfide) groups is 10. The molecule has 0 spiro atoms. The second-order valence-corrected chi connectivity index (χ2v) is 27.7. The molecule has 0 N–H and O–H groups in total. The fourth-order valence-electron chi connectivity index (χ4n) is 4.95. The molecule has 0 saturated heterocycles. The standard InChI is InChI=1S/C38H36S12/c1-17-18(2)40-33(39-17)15-27(36-43-21(5)22(6)44-36)29-11-13-31(49-29)35(38-47-25(9)26(10)48-38)32-14-12-30(50-32)28(37-45-23(7)24(8)46-37)16-34-41-19(3)20(4)42-34/h11-16H,1-10H3. The van der Waals surface area contributed by atoms with Gasteiger partial charge in [-0.25, -0.2) is 0 Å². The third-order valence-electron chi connectivity index (χ3n) is 8.37. The molecule has 0 atom stereocenters. The molecule has 7 rings (SSSR count). The number of allylic oxidation sites excluding steroid dienone is 14. The van der Waals surface area contributed by atoms with Gasteiger partial charge < -0.3 is 0 Å². The van der Waals surface area contributed by atoms with Crippen LogP contribution in [0.5, 0.6) is 0 Å². The van der Waals surface area contributed by atoms with E-state index in [4.69, 9.17) is 0 Å². The molecule has 5 aliphatic rings. The molecule has 2 aromatic rings. The smallest absolute Gasteiger partial charge is 0.0593 e. The lowest BCUT2D eigenvalue weighted by molar-refractivity contribution is 1.57. The summed E-state index contributed by atoms with van der Waals surface area (Å²) in [6.07, 6.45) is 4.91. The average molecular weight is 878 g/mol. The zero-order valence-corrected chi connectivity index (χ0v) is 39.2. The van der Waals surface area contributed by atoms with Crippen molar-refractivity contribution in [3.63, 3.8) is 0 Å². The van der Waals surface area contributed by atoms with Gasteiger partial charge in [0.1, 0.15) is 0 Å². The van der Waals surface area contributed by atoms with Gasteiger partial charge in [-0.2, -0.15) is 0 Å². The highest BCUT2D eigenvalue weighted by atomic mass is 32.2. The Balaban J connectivity index is 1.30. The fraction of sp³-hybridized carbons (Fsp3) is 0.263. The number of thiophene rings is 2. The number of rotatable bonds is 6. The highest BCUT2D eigenvalue weighted by Crippen LogP contribution is 2.59. The van der Waals surface area contributed by atoms with Crippen molar-refractivity contribution in [2.24, 2.45) is 0 Å². The van der Waals surface area contributed by atoms with Crippen molar-refractivity contribution in [3.05, 3.63) is 126 Å². The van der Waals surface area contributed by atoms with Crippen LogP contribution in [0.25, 0.3) is 16.7 Å². The highest BCUT2D eigenvalue weighted by Gasteiger charge is 2.28. The largest absolute Gasteiger partial charge is 0.135 e. The third-order valence-corrected chi connectivity index (χ3v) is 23.6. The lowest BCUT2D eigenvalue weighted by atomic mass is 10.2. The topological polar surface area (TPSA) is 0 Å². The summed E-state index contributed by atoms with van der Waals surface area (Å²) >= 11 is 23.2. The van der Waals surface area contributed by atoms with Crippen molar-refractivity contribution in [2.75, 3.05) is 0 Å². The van der Waals surface area contributed by atoms with Crippen molar-refractivity contribution < 1.29 is 0 Å². The zero-order chi connectivity index (χ0) is 35.4. The second kappa shape index (κ2) is 16.2. The summed E-state index contributed by atoms with van der Waals surface area (Å²) in [4.78, 5) is 19.5. The van der Waals surface area contributed by atoms with Crippen LogP contribution in [0.2, 0.25) is 0 Å². The Kier molecular flexibility index (Phi) is 12.5. The minimum absolute atomic E-state index is 1.34. The molecule has 0 radical (unpaired) electrons. The molecule has 50 heavy (non-hydrogen) atoms. The summed E-state index contributed by atoms with van der Waals surface area (Å²) in [5.74, 6) is 0. The van der Waals surface area contributed by atoms with Crippen molar-refractivity contribution in [1.29, 1.82) is 0 Å². The first-order valence-electron chi connectivity index (χ1n) is 15.9. The van der Waals surface area contributed by atoms with E-state index in [1.54, 1.807) is 0 Å². The van der Waals surface area contributed by atoms with E-state index in [1.807, 2.05) is 140 Å². The van der Waals surface area contributed by atoms with E-state index < -0.39 is 0 Å². The van der Waals surface area contributed by atoms with E-state index in [9.17, 15) is 0 Å². The van der Waals surface area contributed by atoms with E-state index in [0.29, 0.717) is 0 Å². The maximum Gasteiger partial charge on any atom is 0.0593 e. The van der Waals surface area contributed by atoms with Gasteiger partial charge in [0, 0.05) is 44.7 Å². The summed E-state index contributed by atoms with van der Waals surface area (Å²) in [7, 11) is 0. The molecule has 12 heteroatoms.